The van der Waals surface area contributed by atoms with Gasteiger partial charge in [-0.15, -0.1) is 0 Å². The molecule has 0 radical (unpaired) electrons. The van der Waals surface area contributed by atoms with Crippen molar-refractivity contribution in [2.45, 2.75) is 38.9 Å². The van der Waals surface area contributed by atoms with E-state index in [0.717, 1.165) is 24.0 Å². The molecule has 6 heteroatoms. The summed E-state index contributed by atoms with van der Waals surface area (Å²) in [6.45, 7) is 2.37. The van der Waals surface area contributed by atoms with Crippen LogP contribution < -0.4 is 10.6 Å². The lowest BCUT2D eigenvalue weighted by molar-refractivity contribution is -0.119. The smallest absolute Gasteiger partial charge is 0.253 e. The summed E-state index contributed by atoms with van der Waals surface area (Å²) in [6.07, 6.45) is 2.12. The number of hydrogen-bond acceptors (Lipinski definition) is 3. The monoisotopic (exact) mass is 379 g/mol. The highest BCUT2D eigenvalue weighted by Gasteiger charge is 2.23. The molecule has 0 atom stereocenters. The molecule has 0 aromatic heterocycles. The summed E-state index contributed by atoms with van der Waals surface area (Å²) >= 11 is 0. The van der Waals surface area contributed by atoms with Gasteiger partial charge >= 0.3 is 0 Å². The molecule has 0 bridgehead atoms. The maximum Gasteiger partial charge on any atom is 0.253 e. The number of benzene rings is 2. The molecule has 0 unspecified atom stereocenters. The molecule has 1 fully saturated rings. The van der Waals surface area contributed by atoms with Crippen molar-refractivity contribution in [3.63, 3.8) is 0 Å². The molecular weight excluding hydrogens is 354 g/mol. The first-order valence-corrected chi connectivity index (χ1v) is 9.41. The average Bonchev–Trinajstić information content (AvgIpc) is 3.50. The fourth-order valence-electron chi connectivity index (χ4n) is 2.82. The minimum atomic E-state index is -0.0871. The van der Waals surface area contributed by atoms with Crippen LogP contribution >= 0.6 is 0 Å². The second-order valence-corrected chi connectivity index (χ2v) is 7.21. The molecule has 28 heavy (non-hydrogen) atoms. The Morgan fingerprint density at radius 3 is 2.07 bits per heavy atom. The Morgan fingerprint density at radius 1 is 0.929 bits per heavy atom. The molecule has 0 heterocycles. The fraction of sp³-hybridized carbons (Fsp3) is 0.318. The summed E-state index contributed by atoms with van der Waals surface area (Å²) in [6, 6.07) is 14.9. The number of rotatable bonds is 7. The van der Waals surface area contributed by atoms with Crippen molar-refractivity contribution in [2.24, 2.45) is 0 Å². The minimum absolute atomic E-state index is 0.0437. The third-order valence-electron chi connectivity index (χ3n) is 4.64. The van der Waals surface area contributed by atoms with Crippen molar-refractivity contribution in [3.8, 4) is 0 Å². The molecule has 1 saturated carbocycles. The van der Waals surface area contributed by atoms with Gasteiger partial charge in [-0.1, -0.05) is 24.3 Å². The van der Waals surface area contributed by atoms with Gasteiger partial charge in [-0.3, -0.25) is 14.4 Å². The predicted molar refractivity (Wildman–Crippen MR) is 107 cm³/mol. The zero-order chi connectivity index (χ0) is 20.1. The highest BCUT2D eigenvalue weighted by Crippen LogP contribution is 2.19. The van der Waals surface area contributed by atoms with Gasteiger partial charge in [0.2, 0.25) is 5.91 Å². The molecular formula is C22H25N3O3. The maximum atomic E-state index is 12.6. The molecule has 6 nitrogen and oxygen atoms in total. The van der Waals surface area contributed by atoms with E-state index in [9.17, 15) is 14.4 Å². The van der Waals surface area contributed by atoms with E-state index in [2.05, 4.69) is 10.6 Å². The van der Waals surface area contributed by atoms with E-state index in [-0.39, 0.29) is 17.7 Å². The molecule has 0 aliphatic heterocycles. The van der Waals surface area contributed by atoms with Gasteiger partial charge in [0.05, 0.1) is 0 Å². The molecule has 1 aliphatic rings. The highest BCUT2D eigenvalue weighted by molar-refractivity contribution is 5.95. The van der Waals surface area contributed by atoms with Crippen LogP contribution in [0, 0.1) is 0 Å². The Bertz CT molecular complexity index is 856. The number of nitrogens with one attached hydrogen (secondary N) is 2. The summed E-state index contributed by atoms with van der Waals surface area (Å²) in [7, 11) is 1.75. The third-order valence-corrected chi connectivity index (χ3v) is 4.64. The second kappa shape index (κ2) is 8.69. The van der Waals surface area contributed by atoms with E-state index in [1.165, 1.54) is 6.92 Å². The zero-order valence-electron chi connectivity index (χ0n) is 16.2. The first kappa shape index (κ1) is 19.6. The fourth-order valence-corrected chi connectivity index (χ4v) is 2.82. The normalized spacial score (nSPS) is 12.9. The summed E-state index contributed by atoms with van der Waals surface area (Å²) in [5.41, 5.74) is 3.13. The van der Waals surface area contributed by atoms with Crippen LogP contribution in [-0.4, -0.2) is 35.7 Å². The van der Waals surface area contributed by atoms with E-state index >= 15 is 0 Å². The van der Waals surface area contributed by atoms with Gasteiger partial charge < -0.3 is 15.5 Å². The molecule has 3 amide bonds. The van der Waals surface area contributed by atoms with Gasteiger partial charge in [0, 0.05) is 44.2 Å². The molecule has 2 N–H and O–H groups in total. The van der Waals surface area contributed by atoms with Gasteiger partial charge in [-0.2, -0.15) is 0 Å². The molecule has 2 aromatic rings. The van der Waals surface area contributed by atoms with Crippen LogP contribution in [0.3, 0.4) is 0 Å². The van der Waals surface area contributed by atoms with Gasteiger partial charge in [-0.05, 0) is 48.2 Å². The van der Waals surface area contributed by atoms with Gasteiger partial charge in [0.1, 0.15) is 0 Å². The van der Waals surface area contributed by atoms with Crippen molar-refractivity contribution in [2.75, 3.05) is 7.05 Å². The topological polar surface area (TPSA) is 78.5 Å². The van der Waals surface area contributed by atoms with Gasteiger partial charge in [-0.25, -0.2) is 0 Å². The van der Waals surface area contributed by atoms with Crippen LogP contribution in [0.15, 0.2) is 48.5 Å². The Morgan fingerprint density at radius 2 is 1.50 bits per heavy atom. The summed E-state index contributed by atoms with van der Waals surface area (Å²) in [4.78, 5) is 37.3. The second-order valence-electron chi connectivity index (χ2n) is 7.21. The van der Waals surface area contributed by atoms with Gasteiger partial charge in [0.25, 0.3) is 11.8 Å². The molecule has 2 aromatic carbocycles. The lowest BCUT2D eigenvalue weighted by Gasteiger charge is -2.18. The summed E-state index contributed by atoms with van der Waals surface area (Å²) in [5.74, 6) is -0.213. The molecule has 0 saturated heterocycles. The quantitative estimate of drug-likeness (QED) is 0.776. The Kier molecular flexibility index (Phi) is 6.09. The average molecular weight is 379 g/mol. The van der Waals surface area contributed by atoms with E-state index in [1.54, 1.807) is 36.2 Å². The number of nitrogens with zero attached hydrogens (tertiary/aromatic N) is 1. The number of carbonyl (C=O) groups is 3. The van der Waals surface area contributed by atoms with Crippen molar-refractivity contribution in [3.05, 3.63) is 70.8 Å². The van der Waals surface area contributed by atoms with Crippen molar-refractivity contribution >= 4 is 17.7 Å². The number of hydrogen-bond donors (Lipinski definition) is 2. The van der Waals surface area contributed by atoms with Crippen LogP contribution in [0.25, 0.3) is 0 Å². The first-order chi connectivity index (χ1) is 13.4. The van der Waals surface area contributed by atoms with E-state index in [1.807, 2.05) is 24.3 Å². The Labute approximate surface area is 164 Å². The molecule has 1 aliphatic carbocycles. The number of carbonyl (C=O) groups excluding carboxylic acids is 3. The van der Waals surface area contributed by atoms with Crippen LogP contribution in [-0.2, 0) is 17.9 Å². The first-order valence-electron chi connectivity index (χ1n) is 9.41. The highest BCUT2D eigenvalue weighted by atomic mass is 16.2. The SMILES string of the molecule is CC(=O)NCc1ccc(C(=O)N(C)Cc2ccc(C(=O)NC3CC3)cc2)cc1. The lowest BCUT2D eigenvalue weighted by Crippen LogP contribution is -2.27. The van der Waals surface area contributed by atoms with E-state index in [0.29, 0.717) is 30.3 Å². The van der Waals surface area contributed by atoms with Crippen LogP contribution in [0.5, 0.6) is 0 Å². The standard InChI is InChI=1S/C22H25N3O3/c1-15(26)23-13-16-3-9-19(10-4-16)22(28)25(2)14-17-5-7-18(8-6-17)21(27)24-20-11-12-20/h3-10,20H,11-14H2,1-2H3,(H,23,26)(H,24,27). The van der Waals surface area contributed by atoms with E-state index < -0.39 is 0 Å². The minimum Gasteiger partial charge on any atom is -0.352 e. The van der Waals surface area contributed by atoms with Crippen molar-refractivity contribution < 1.29 is 14.4 Å². The largest absolute Gasteiger partial charge is 0.352 e. The van der Waals surface area contributed by atoms with E-state index in [4.69, 9.17) is 0 Å². The maximum absolute atomic E-state index is 12.6. The molecule has 0 spiro atoms. The summed E-state index contributed by atoms with van der Waals surface area (Å²) in [5, 5.41) is 5.69. The third kappa shape index (κ3) is 5.42. The van der Waals surface area contributed by atoms with Gasteiger partial charge in [0.15, 0.2) is 0 Å². The van der Waals surface area contributed by atoms with Crippen LogP contribution in [0.2, 0.25) is 0 Å². The Balaban J connectivity index is 1.55. The Hall–Kier alpha value is -3.15. The predicted octanol–water partition coefficient (Wildman–Crippen LogP) is 2.49. The number of amides is 3. The lowest BCUT2D eigenvalue weighted by atomic mass is 10.1. The molecule has 3 rings (SSSR count). The van der Waals surface area contributed by atoms with Crippen molar-refractivity contribution in [1.82, 2.24) is 15.5 Å². The van der Waals surface area contributed by atoms with Crippen molar-refractivity contribution in [1.29, 1.82) is 0 Å². The zero-order valence-corrected chi connectivity index (χ0v) is 16.2. The van der Waals surface area contributed by atoms with Crippen LogP contribution in [0.1, 0.15) is 51.6 Å². The summed E-state index contributed by atoms with van der Waals surface area (Å²) < 4.78 is 0. The van der Waals surface area contributed by atoms with Crippen LogP contribution in [0.4, 0.5) is 0 Å². The molecule has 146 valence electrons.